The maximum absolute atomic E-state index is 13.1. The number of allylic oxidation sites excluding steroid dienone is 1. The molecule has 0 saturated carbocycles. The molecule has 7 nitrogen and oxygen atoms in total. The molecule has 0 radical (unpaired) electrons. The lowest BCUT2D eigenvalue weighted by Gasteiger charge is -2.46. The summed E-state index contributed by atoms with van der Waals surface area (Å²) in [5.41, 5.74) is 3.37. The molecule has 1 aromatic rings. The van der Waals surface area contributed by atoms with Crippen molar-refractivity contribution in [2.45, 2.75) is 57.7 Å². The first-order valence-corrected chi connectivity index (χ1v) is 13.3. The third-order valence-corrected chi connectivity index (χ3v) is 9.55. The Morgan fingerprint density at radius 3 is 2.72 bits per heavy atom. The second kappa shape index (κ2) is 8.11. The van der Waals surface area contributed by atoms with Gasteiger partial charge in [0.25, 0.3) is 0 Å². The highest BCUT2D eigenvalue weighted by molar-refractivity contribution is 9.12. The predicted octanol–water partition coefficient (Wildman–Crippen LogP) is 3.52. The minimum Gasteiger partial charge on any atom is -0.598 e. The summed E-state index contributed by atoms with van der Waals surface area (Å²) in [6.07, 6.45) is 4.82. The maximum atomic E-state index is 13.1. The molecule has 0 amide bonds. The maximum Gasteiger partial charge on any atom is 0.207 e. The van der Waals surface area contributed by atoms with E-state index in [0.29, 0.717) is 0 Å². The molecule has 3 aliphatic heterocycles. The molecule has 0 unspecified atom stereocenters. The van der Waals surface area contributed by atoms with Gasteiger partial charge < -0.3 is 9.45 Å². The molecule has 1 N–H and O–H groups in total. The summed E-state index contributed by atoms with van der Waals surface area (Å²) < 4.78 is 17.3. The van der Waals surface area contributed by atoms with Crippen molar-refractivity contribution >= 4 is 39.1 Å². The molecule has 1 spiro atoms. The molecule has 2 atom stereocenters. The third kappa shape index (κ3) is 3.71. The van der Waals surface area contributed by atoms with E-state index in [0.717, 1.165) is 73.1 Å². The molecule has 5 rings (SSSR count). The molecule has 0 bridgehead atoms. The first-order valence-electron chi connectivity index (χ1n) is 11.3. The summed E-state index contributed by atoms with van der Waals surface area (Å²) in [6, 6.07) is 4.21. The van der Waals surface area contributed by atoms with Gasteiger partial charge in [-0.2, -0.15) is 0 Å². The average molecular weight is 520 g/mol. The van der Waals surface area contributed by atoms with E-state index in [1.54, 1.807) is 0 Å². The van der Waals surface area contributed by atoms with E-state index in [1.807, 2.05) is 40.0 Å². The lowest BCUT2D eigenvalue weighted by Crippen LogP contribution is -2.54. The Bertz CT molecular complexity index is 1010. The van der Waals surface area contributed by atoms with Gasteiger partial charge in [-0.25, -0.2) is 4.99 Å². The van der Waals surface area contributed by atoms with E-state index in [9.17, 15) is 4.55 Å². The molecule has 0 aromatic carbocycles. The zero-order chi connectivity index (χ0) is 22.7. The summed E-state index contributed by atoms with van der Waals surface area (Å²) in [7, 11) is 0. The fourth-order valence-electron chi connectivity index (χ4n) is 5.21. The summed E-state index contributed by atoms with van der Waals surface area (Å²) in [4.78, 5) is 18.9. The SMILES string of the molecule is CC1=C(Br)C2=NCCN2C(N2CCC3(CC2)Cc2ncccc2[C@H]3N[S@+]([O-])C(C)(C)C)=N1. The Labute approximate surface area is 201 Å². The summed E-state index contributed by atoms with van der Waals surface area (Å²) >= 11 is 2.52. The Balaban J connectivity index is 1.39. The lowest BCUT2D eigenvalue weighted by molar-refractivity contribution is 0.115. The fraction of sp³-hybridized carbons (Fsp3) is 0.609. The van der Waals surface area contributed by atoms with E-state index in [4.69, 9.17) is 4.99 Å². The fourth-order valence-corrected chi connectivity index (χ4v) is 6.58. The molecule has 4 aliphatic rings. The minimum atomic E-state index is -1.14. The van der Waals surface area contributed by atoms with Crippen molar-refractivity contribution in [3.05, 3.63) is 39.8 Å². The van der Waals surface area contributed by atoms with Crippen LogP contribution in [0, 0.1) is 5.41 Å². The number of aromatic nitrogens is 1. The number of hydrogen-bond acceptors (Lipinski definition) is 7. The van der Waals surface area contributed by atoms with Crippen LogP contribution in [0.4, 0.5) is 0 Å². The first-order chi connectivity index (χ1) is 15.2. The summed E-state index contributed by atoms with van der Waals surface area (Å²) in [6.45, 7) is 11.6. The van der Waals surface area contributed by atoms with Crippen LogP contribution >= 0.6 is 15.9 Å². The van der Waals surface area contributed by atoms with Gasteiger partial charge >= 0.3 is 0 Å². The zero-order valence-electron chi connectivity index (χ0n) is 19.2. The van der Waals surface area contributed by atoms with E-state index >= 15 is 0 Å². The van der Waals surface area contributed by atoms with Crippen molar-refractivity contribution in [1.82, 2.24) is 19.5 Å². The van der Waals surface area contributed by atoms with Crippen LogP contribution in [-0.2, 0) is 17.8 Å². The van der Waals surface area contributed by atoms with Crippen LogP contribution in [0.25, 0.3) is 0 Å². The number of fused-ring (bicyclic) bond motifs is 2. The van der Waals surface area contributed by atoms with Gasteiger partial charge in [0.1, 0.15) is 10.6 Å². The lowest BCUT2D eigenvalue weighted by atomic mass is 9.73. The smallest absolute Gasteiger partial charge is 0.207 e. The quantitative estimate of drug-likeness (QED) is 0.605. The molecule has 4 heterocycles. The van der Waals surface area contributed by atoms with Crippen molar-refractivity contribution < 1.29 is 4.55 Å². The molecule has 1 aliphatic carbocycles. The van der Waals surface area contributed by atoms with Crippen molar-refractivity contribution in [3.63, 3.8) is 0 Å². The van der Waals surface area contributed by atoms with Crippen LogP contribution in [0.2, 0.25) is 0 Å². The van der Waals surface area contributed by atoms with Crippen molar-refractivity contribution in [2.24, 2.45) is 15.4 Å². The van der Waals surface area contributed by atoms with Crippen molar-refractivity contribution in [2.75, 3.05) is 26.2 Å². The van der Waals surface area contributed by atoms with Crippen LogP contribution < -0.4 is 4.72 Å². The van der Waals surface area contributed by atoms with Gasteiger partial charge in [0.15, 0.2) is 0 Å². The Hall–Kier alpha value is -1.42. The van der Waals surface area contributed by atoms with Gasteiger partial charge in [-0.1, -0.05) is 6.07 Å². The highest BCUT2D eigenvalue weighted by Gasteiger charge is 2.51. The number of aliphatic imine (C=N–C) groups is 2. The van der Waals surface area contributed by atoms with E-state index < -0.39 is 11.4 Å². The number of pyridine rings is 1. The van der Waals surface area contributed by atoms with Crippen molar-refractivity contribution in [3.8, 4) is 0 Å². The number of nitrogens with zero attached hydrogens (tertiary/aromatic N) is 5. The standard InChI is InChI=1S/C23H31BrN6OS/c1-15-18(24)20-26-10-13-30(20)21(27-15)29-11-7-23(8-12-29)14-17-16(6-5-9-25-17)19(23)28-32(31)22(2,3)4/h5-6,9,19,28H,7-8,10-14H2,1-4H3/t19-,32-/m1/s1. The van der Waals surface area contributed by atoms with Gasteiger partial charge in [0, 0.05) is 48.3 Å². The summed E-state index contributed by atoms with van der Waals surface area (Å²) in [5, 5.41) is 0. The summed E-state index contributed by atoms with van der Waals surface area (Å²) in [5.74, 6) is 2.03. The van der Waals surface area contributed by atoms with Gasteiger partial charge in [-0.3, -0.25) is 14.9 Å². The molecule has 9 heteroatoms. The normalized spacial score (nSPS) is 25.6. The topological polar surface area (TPSA) is 79.2 Å². The van der Waals surface area contributed by atoms with E-state index in [-0.39, 0.29) is 16.2 Å². The number of rotatable bonds is 2. The van der Waals surface area contributed by atoms with Gasteiger partial charge in [-0.05, 0) is 74.5 Å². The van der Waals surface area contributed by atoms with Crippen molar-refractivity contribution in [1.29, 1.82) is 0 Å². The van der Waals surface area contributed by atoms with Gasteiger partial charge in [-0.15, -0.1) is 4.72 Å². The molecular formula is C23H31BrN6OS. The number of nitrogens with one attached hydrogen (secondary N) is 1. The molecule has 1 fully saturated rings. The molecule has 32 heavy (non-hydrogen) atoms. The number of piperidine rings is 1. The Morgan fingerprint density at radius 1 is 1.25 bits per heavy atom. The Morgan fingerprint density at radius 2 is 2.00 bits per heavy atom. The van der Waals surface area contributed by atoms with Crippen LogP contribution in [0.3, 0.4) is 0 Å². The number of guanidine groups is 1. The second-order valence-electron chi connectivity index (χ2n) is 10.2. The van der Waals surface area contributed by atoms with E-state index in [2.05, 4.69) is 46.5 Å². The first kappa shape index (κ1) is 22.4. The van der Waals surface area contributed by atoms with Crippen LogP contribution in [0.5, 0.6) is 0 Å². The van der Waals surface area contributed by atoms with Gasteiger partial charge in [0.05, 0.1) is 22.8 Å². The molecular weight excluding hydrogens is 488 g/mol. The molecule has 1 saturated heterocycles. The molecule has 1 aromatic heterocycles. The monoisotopic (exact) mass is 518 g/mol. The highest BCUT2D eigenvalue weighted by Crippen LogP contribution is 2.52. The van der Waals surface area contributed by atoms with Crippen LogP contribution in [-0.4, -0.2) is 62.1 Å². The van der Waals surface area contributed by atoms with E-state index in [1.165, 1.54) is 5.56 Å². The van der Waals surface area contributed by atoms with Gasteiger partial charge in [0.2, 0.25) is 5.96 Å². The minimum absolute atomic E-state index is 0.0245. The number of likely N-dealkylation sites (tertiary alicyclic amines) is 1. The van der Waals surface area contributed by atoms with Crippen LogP contribution in [0.1, 0.15) is 57.8 Å². The largest absolute Gasteiger partial charge is 0.598 e. The zero-order valence-corrected chi connectivity index (χ0v) is 21.6. The highest BCUT2D eigenvalue weighted by atomic mass is 79.9. The second-order valence-corrected chi connectivity index (χ2v) is 13.0. The third-order valence-electron chi connectivity index (χ3n) is 7.06. The molecule has 172 valence electrons. The predicted molar refractivity (Wildman–Crippen MR) is 133 cm³/mol. The average Bonchev–Trinajstić information content (AvgIpc) is 3.35. The Kier molecular flexibility index (Phi) is 5.67. The number of hydrogen-bond donors (Lipinski definition) is 1. The number of halogens is 1. The number of amidine groups is 1. The van der Waals surface area contributed by atoms with Crippen LogP contribution in [0.15, 0.2) is 38.5 Å².